The van der Waals surface area contributed by atoms with E-state index in [2.05, 4.69) is 44.3 Å². The van der Waals surface area contributed by atoms with Crippen molar-refractivity contribution in [3.05, 3.63) is 24.4 Å². The average molecular weight is 518 g/mol. The number of nitrogens with one attached hydrogen (secondary N) is 2. The number of anilines is 1. The number of rotatable bonds is 7. The highest BCUT2D eigenvalue weighted by molar-refractivity contribution is 14.0. The van der Waals surface area contributed by atoms with Gasteiger partial charge in [-0.25, -0.2) is 9.78 Å². The summed E-state index contributed by atoms with van der Waals surface area (Å²) in [5, 5.41) is 6.36. The fraction of sp³-hybridized carbons (Fsp3) is 0.650. The van der Waals surface area contributed by atoms with Crippen molar-refractivity contribution in [1.82, 2.24) is 20.5 Å². The van der Waals surface area contributed by atoms with Gasteiger partial charge in [-0.1, -0.05) is 19.9 Å². The number of pyridine rings is 1. The van der Waals surface area contributed by atoms with Gasteiger partial charge in [-0.3, -0.25) is 4.99 Å². The smallest absolute Gasteiger partial charge is 0.407 e. The van der Waals surface area contributed by atoms with Gasteiger partial charge in [0.2, 0.25) is 0 Å². The summed E-state index contributed by atoms with van der Waals surface area (Å²) in [5.74, 6) is 2.35. The van der Waals surface area contributed by atoms with Gasteiger partial charge in [0.25, 0.3) is 0 Å². The number of halogens is 1. The predicted octanol–water partition coefficient (Wildman–Crippen LogP) is 2.56. The fourth-order valence-electron chi connectivity index (χ4n) is 3.34. The number of amides is 1. The lowest BCUT2D eigenvalue weighted by molar-refractivity contribution is 0.146. The van der Waals surface area contributed by atoms with E-state index in [-0.39, 0.29) is 36.1 Å². The van der Waals surface area contributed by atoms with E-state index < -0.39 is 0 Å². The molecule has 0 aromatic carbocycles. The standard InChI is InChI=1S/C20H34N6O2.HI/c1-5-28-20(27)24-17(14-16(2)3)15-23-19(21-4)26-12-10-25(11-13-26)18-8-6-7-9-22-18;/h6-9,16-17H,5,10-15H2,1-4H3,(H,21,23)(H,24,27);1H. The molecule has 1 saturated heterocycles. The predicted molar refractivity (Wildman–Crippen MR) is 128 cm³/mol. The van der Waals surface area contributed by atoms with Gasteiger partial charge in [0.1, 0.15) is 5.82 Å². The van der Waals surface area contributed by atoms with E-state index in [0.29, 0.717) is 19.1 Å². The molecule has 0 radical (unpaired) electrons. The molecule has 1 fully saturated rings. The number of ether oxygens (including phenoxy) is 1. The molecule has 0 spiro atoms. The molecule has 9 heteroatoms. The number of carbonyl (C=O) groups excluding carboxylic acids is 1. The topological polar surface area (TPSA) is 82.1 Å². The van der Waals surface area contributed by atoms with Crippen LogP contribution < -0.4 is 15.5 Å². The Labute approximate surface area is 191 Å². The first-order valence-corrected chi connectivity index (χ1v) is 10.1. The van der Waals surface area contributed by atoms with Crippen molar-refractivity contribution in [2.75, 3.05) is 51.3 Å². The van der Waals surface area contributed by atoms with Crippen LogP contribution in [0.25, 0.3) is 0 Å². The normalized spacial score (nSPS) is 15.6. The Kier molecular flexibility index (Phi) is 11.7. The van der Waals surface area contributed by atoms with Crippen LogP contribution in [0.4, 0.5) is 10.6 Å². The number of piperazine rings is 1. The minimum atomic E-state index is -0.367. The van der Waals surface area contributed by atoms with Crippen molar-refractivity contribution in [2.45, 2.75) is 33.2 Å². The summed E-state index contributed by atoms with van der Waals surface area (Å²) >= 11 is 0. The monoisotopic (exact) mass is 518 g/mol. The first-order chi connectivity index (χ1) is 13.5. The molecular formula is C20H35IN6O2. The SMILES string of the molecule is CCOC(=O)NC(CNC(=NC)N1CCN(c2ccccn2)CC1)CC(C)C.I. The number of guanidine groups is 1. The van der Waals surface area contributed by atoms with E-state index in [1.165, 1.54) is 0 Å². The van der Waals surface area contributed by atoms with Gasteiger partial charge >= 0.3 is 6.09 Å². The van der Waals surface area contributed by atoms with Crippen LogP contribution in [0.5, 0.6) is 0 Å². The molecule has 0 aliphatic carbocycles. The highest BCUT2D eigenvalue weighted by atomic mass is 127. The third kappa shape index (κ3) is 8.63. The molecule has 164 valence electrons. The number of aromatic nitrogens is 1. The Morgan fingerprint density at radius 2 is 2.00 bits per heavy atom. The lowest BCUT2D eigenvalue weighted by Crippen LogP contribution is -2.54. The van der Waals surface area contributed by atoms with Crippen LogP contribution in [0.15, 0.2) is 29.4 Å². The summed E-state index contributed by atoms with van der Waals surface area (Å²) in [6, 6.07) is 5.98. The number of nitrogens with zero attached hydrogens (tertiary/aromatic N) is 4. The molecule has 1 aromatic heterocycles. The molecule has 2 rings (SSSR count). The van der Waals surface area contributed by atoms with E-state index in [9.17, 15) is 4.79 Å². The second-order valence-corrected chi connectivity index (χ2v) is 7.28. The fourth-order valence-corrected chi connectivity index (χ4v) is 3.34. The molecule has 8 nitrogen and oxygen atoms in total. The molecule has 1 atom stereocenters. The second-order valence-electron chi connectivity index (χ2n) is 7.28. The molecule has 1 amide bonds. The van der Waals surface area contributed by atoms with Crippen LogP contribution in [0.3, 0.4) is 0 Å². The summed E-state index contributed by atoms with van der Waals surface area (Å²) in [7, 11) is 1.80. The Hall–Kier alpha value is -1.78. The minimum absolute atomic E-state index is 0. The van der Waals surface area contributed by atoms with Gasteiger partial charge in [-0.15, -0.1) is 24.0 Å². The minimum Gasteiger partial charge on any atom is -0.450 e. The summed E-state index contributed by atoms with van der Waals surface area (Å²) < 4.78 is 5.03. The Balaban J connectivity index is 0.00000420. The Bertz CT molecular complexity index is 621. The zero-order valence-electron chi connectivity index (χ0n) is 17.9. The third-order valence-electron chi connectivity index (χ3n) is 4.62. The number of aliphatic imine (C=N–C) groups is 1. The number of hydrogen-bond donors (Lipinski definition) is 2. The van der Waals surface area contributed by atoms with E-state index in [1.807, 2.05) is 31.3 Å². The van der Waals surface area contributed by atoms with Crippen molar-refractivity contribution in [3.8, 4) is 0 Å². The van der Waals surface area contributed by atoms with Crippen molar-refractivity contribution in [3.63, 3.8) is 0 Å². The molecule has 0 bridgehead atoms. The van der Waals surface area contributed by atoms with Gasteiger partial charge < -0.3 is 25.2 Å². The van der Waals surface area contributed by atoms with Gasteiger partial charge in [0.15, 0.2) is 5.96 Å². The summed E-state index contributed by atoms with van der Waals surface area (Å²) in [4.78, 5) is 25.2. The van der Waals surface area contributed by atoms with Crippen molar-refractivity contribution in [1.29, 1.82) is 0 Å². The molecule has 2 N–H and O–H groups in total. The largest absolute Gasteiger partial charge is 0.450 e. The third-order valence-corrected chi connectivity index (χ3v) is 4.62. The molecule has 1 unspecified atom stereocenters. The first-order valence-electron chi connectivity index (χ1n) is 10.1. The highest BCUT2D eigenvalue weighted by Crippen LogP contribution is 2.12. The van der Waals surface area contributed by atoms with Crippen LogP contribution in [-0.4, -0.2) is 74.4 Å². The number of carbonyl (C=O) groups is 1. The van der Waals surface area contributed by atoms with E-state index >= 15 is 0 Å². The summed E-state index contributed by atoms with van der Waals surface area (Å²) in [5.41, 5.74) is 0. The highest BCUT2D eigenvalue weighted by Gasteiger charge is 2.22. The van der Waals surface area contributed by atoms with Gasteiger partial charge in [0, 0.05) is 52.0 Å². The summed E-state index contributed by atoms with van der Waals surface area (Å²) in [6.07, 6.45) is 2.33. The zero-order valence-corrected chi connectivity index (χ0v) is 20.3. The maximum absolute atomic E-state index is 11.8. The summed E-state index contributed by atoms with van der Waals surface area (Å²) in [6.45, 7) is 10.6. The van der Waals surface area contributed by atoms with Crippen molar-refractivity contribution < 1.29 is 9.53 Å². The van der Waals surface area contributed by atoms with Gasteiger partial charge in [-0.2, -0.15) is 0 Å². The maximum Gasteiger partial charge on any atom is 0.407 e. The zero-order chi connectivity index (χ0) is 20.4. The van der Waals surface area contributed by atoms with E-state index in [0.717, 1.165) is 44.4 Å². The molecule has 2 heterocycles. The maximum atomic E-state index is 11.8. The van der Waals surface area contributed by atoms with E-state index in [4.69, 9.17) is 4.74 Å². The van der Waals surface area contributed by atoms with Crippen molar-refractivity contribution >= 4 is 41.8 Å². The van der Waals surface area contributed by atoms with Crippen LogP contribution >= 0.6 is 24.0 Å². The second kappa shape index (κ2) is 13.4. The number of alkyl carbamates (subject to hydrolysis) is 1. The Morgan fingerprint density at radius 3 is 2.55 bits per heavy atom. The molecule has 0 saturated carbocycles. The van der Waals surface area contributed by atoms with Gasteiger partial charge in [-0.05, 0) is 31.4 Å². The van der Waals surface area contributed by atoms with Crippen LogP contribution in [0.2, 0.25) is 0 Å². The van der Waals surface area contributed by atoms with Crippen LogP contribution in [-0.2, 0) is 4.74 Å². The average Bonchev–Trinajstić information content (AvgIpc) is 2.69. The van der Waals surface area contributed by atoms with Crippen LogP contribution in [0.1, 0.15) is 27.2 Å². The van der Waals surface area contributed by atoms with Crippen LogP contribution in [0, 0.1) is 5.92 Å². The molecule has 1 aliphatic rings. The lowest BCUT2D eigenvalue weighted by atomic mass is 10.0. The number of hydrogen-bond acceptors (Lipinski definition) is 5. The van der Waals surface area contributed by atoms with Gasteiger partial charge in [0.05, 0.1) is 6.61 Å². The molecule has 1 aliphatic heterocycles. The Morgan fingerprint density at radius 1 is 1.28 bits per heavy atom. The first kappa shape index (κ1) is 25.3. The quantitative estimate of drug-likeness (QED) is 0.328. The molecule has 29 heavy (non-hydrogen) atoms. The van der Waals surface area contributed by atoms with E-state index in [1.54, 1.807) is 7.05 Å². The molecular weight excluding hydrogens is 483 g/mol. The van der Waals surface area contributed by atoms with Crippen molar-refractivity contribution in [2.24, 2.45) is 10.9 Å². The lowest BCUT2D eigenvalue weighted by Gasteiger charge is -2.37. The molecule has 1 aromatic rings.